The summed E-state index contributed by atoms with van der Waals surface area (Å²) in [5, 5.41) is 3.68. The van der Waals surface area contributed by atoms with Crippen molar-refractivity contribution in [2.45, 2.75) is 19.1 Å². The van der Waals surface area contributed by atoms with Gasteiger partial charge in [-0.3, -0.25) is 0 Å². The molecule has 122 valence electrons. The van der Waals surface area contributed by atoms with Gasteiger partial charge in [0.1, 0.15) is 17.7 Å². The Kier molecular flexibility index (Phi) is 5.16. The van der Waals surface area contributed by atoms with Crippen molar-refractivity contribution in [2.24, 2.45) is 0 Å². The van der Waals surface area contributed by atoms with Gasteiger partial charge in [0, 0.05) is 19.2 Å². The third-order valence-electron chi connectivity index (χ3n) is 3.81. The molecule has 0 amide bonds. The molecule has 0 radical (unpaired) electrons. The Morgan fingerprint density at radius 1 is 1.30 bits per heavy atom. The summed E-state index contributed by atoms with van der Waals surface area (Å²) in [7, 11) is 0. The van der Waals surface area contributed by atoms with Crippen molar-refractivity contribution in [3.05, 3.63) is 64.4 Å². The highest BCUT2D eigenvalue weighted by Crippen LogP contribution is 2.32. The maximum absolute atomic E-state index is 13.5. The minimum Gasteiger partial charge on any atom is -0.481 e. The number of benzene rings is 2. The van der Waals surface area contributed by atoms with E-state index < -0.39 is 0 Å². The number of rotatable bonds is 4. The SMILES string of the molecule is Cc1cccc(C(Oc2cc(F)ccc2Cl)[C@@H]2CNCCO2)c1. The second kappa shape index (κ2) is 7.30. The molecule has 0 spiro atoms. The number of nitrogens with one attached hydrogen (secondary N) is 1. The molecular weight excluding hydrogens is 317 g/mol. The summed E-state index contributed by atoms with van der Waals surface area (Å²) in [4.78, 5) is 0. The Morgan fingerprint density at radius 2 is 2.17 bits per heavy atom. The minimum atomic E-state index is -0.380. The van der Waals surface area contributed by atoms with Crippen LogP contribution < -0.4 is 10.1 Å². The van der Waals surface area contributed by atoms with Gasteiger partial charge in [-0.2, -0.15) is 0 Å². The van der Waals surface area contributed by atoms with Gasteiger partial charge < -0.3 is 14.8 Å². The van der Waals surface area contributed by atoms with Crippen molar-refractivity contribution >= 4 is 11.6 Å². The van der Waals surface area contributed by atoms with Crippen LogP contribution in [0.1, 0.15) is 17.2 Å². The number of halogens is 2. The van der Waals surface area contributed by atoms with E-state index in [9.17, 15) is 4.39 Å². The first-order valence-electron chi connectivity index (χ1n) is 7.64. The summed E-state index contributed by atoms with van der Waals surface area (Å²) in [6, 6.07) is 12.2. The average molecular weight is 336 g/mol. The van der Waals surface area contributed by atoms with Crippen molar-refractivity contribution in [1.29, 1.82) is 0 Å². The molecule has 0 aromatic heterocycles. The predicted molar refractivity (Wildman–Crippen MR) is 88.6 cm³/mol. The molecule has 3 nitrogen and oxygen atoms in total. The zero-order chi connectivity index (χ0) is 16.2. The fourth-order valence-corrected chi connectivity index (χ4v) is 2.85. The largest absolute Gasteiger partial charge is 0.481 e. The van der Waals surface area contributed by atoms with E-state index in [-0.39, 0.29) is 18.0 Å². The van der Waals surface area contributed by atoms with E-state index in [1.54, 1.807) is 0 Å². The fraction of sp³-hybridized carbons (Fsp3) is 0.333. The Balaban J connectivity index is 1.92. The third-order valence-corrected chi connectivity index (χ3v) is 4.12. The maximum atomic E-state index is 13.5. The smallest absolute Gasteiger partial charge is 0.151 e. The Labute approximate surface area is 140 Å². The van der Waals surface area contributed by atoms with E-state index in [1.165, 1.54) is 18.2 Å². The quantitative estimate of drug-likeness (QED) is 0.919. The highest BCUT2D eigenvalue weighted by Gasteiger charge is 2.28. The summed E-state index contributed by atoms with van der Waals surface area (Å²) < 4.78 is 25.4. The number of aryl methyl sites for hydroxylation is 1. The first kappa shape index (κ1) is 16.2. The lowest BCUT2D eigenvalue weighted by atomic mass is 10.0. The van der Waals surface area contributed by atoms with Gasteiger partial charge in [-0.05, 0) is 24.6 Å². The van der Waals surface area contributed by atoms with Gasteiger partial charge >= 0.3 is 0 Å². The van der Waals surface area contributed by atoms with E-state index >= 15 is 0 Å². The van der Waals surface area contributed by atoms with Crippen molar-refractivity contribution < 1.29 is 13.9 Å². The molecule has 5 heteroatoms. The van der Waals surface area contributed by atoms with E-state index in [1.807, 2.05) is 25.1 Å². The molecule has 23 heavy (non-hydrogen) atoms. The van der Waals surface area contributed by atoms with E-state index in [0.29, 0.717) is 23.9 Å². The molecule has 1 heterocycles. The third kappa shape index (κ3) is 4.02. The minimum absolute atomic E-state index is 0.162. The lowest BCUT2D eigenvalue weighted by Crippen LogP contribution is -2.43. The molecule has 3 rings (SSSR count). The van der Waals surface area contributed by atoms with Gasteiger partial charge in [0.2, 0.25) is 0 Å². The van der Waals surface area contributed by atoms with E-state index in [4.69, 9.17) is 21.1 Å². The molecule has 0 aliphatic carbocycles. The first-order chi connectivity index (χ1) is 11.1. The lowest BCUT2D eigenvalue weighted by Gasteiger charge is -2.32. The highest BCUT2D eigenvalue weighted by atomic mass is 35.5. The fourth-order valence-electron chi connectivity index (χ4n) is 2.69. The van der Waals surface area contributed by atoms with Crippen LogP contribution >= 0.6 is 11.6 Å². The lowest BCUT2D eigenvalue weighted by molar-refractivity contribution is -0.0433. The van der Waals surface area contributed by atoms with Gasteiger partial charge in [0.15, 0.2) is 6.10 Å². The molecule has 1 unspecified atom stereocenters. The highest BCUT2D eigenvalue weighted by molar-refractivity contribution is 6.32. The van der Waals surface area contributed by atoms with Crippen LogP contribution in [0.25, 0.3) is 0 Å². The van der Waals surface area contributed by atoms with Crippen LogP contribution in [-0.4, -0.2) is 25.8 Å². The normalized spacial score (nSPS) is 19.3. The standard InChI is InChI=1S/C18H19ClFNO2/c1-12-3-2-4-13(9-12)18(17-11-21-7-8-22-17)23-16-10-14(20)5-6-15(16)19/h2-6,9-10,17-18,21H,7-8,11H2,1H3/t17-,18?/m0/s1. The Hall–Kier alpha value is -1.62. The summed E-state index contributed by atoms with van der Waals surface area (Å²) in [5.74, 6) is -0.0533. The van der Waals surface area contributed by atoms with Crippen molar-refractivity contribution in [1.82, 2.24) is 5.32 Å². The molecule has 1 aliphatic heterocycles. The molecule has 1 N–H and O–H groups in total. The van der Waals surface area contributed by atoms with Crippen molar-refractivity contribution in [2.75, 3.05) is 19.7 Å². The number of hydrogen-bond donors (Lipinski definition) is 1. The first-order valence-corrected chi connectivity index (χ1v) is 8.02. The number of ether oxygens (including phenoxy) is 2. The van der Waals surface area contributed by atoms with Crippen LogP contribution in [0.3, 0.4) is 0 Å². The number of morpholine rings is 1. The molecule has 2 atom stereocenters. The molecule has 0 saturated carbocycles. The van der Waals surface area contributed by atoms with Crippen LogP contribution in [0.5, 0.6) is 5.75 Å². The Morgan fingerprint density at radius 3 is 2.91 bits per heavy atom. The monoisotopic (exact) mass is 335 g/mol. The molecule has 0 bridgehead atoms. The maximum Gasteiger partial charge on any atom is 0.151 e. The van der Waals surface area contributed by atoms with Crippen LogP contribution in [-0.2, 0) is 4.74 Å². The summed E-state index contributed by atoms with van der Waals surface area (Å²) in [6.45, 7) is 4.13. The van der Waals surface area contributed by atoms with Crippen LogP contribution in [0.15, 0.2) is 42.5 Å². The Bertz CT molecular complexity index is 674. The molecule has 1 aliphatic rings. The summed E-state index contributed by atoms with van der Waals surface area (Å²) in [6.07, 6.45) is -0.521. The molecular formula is C18H19ClFNO2. The second-order valence-corrected chi connectivity index (χ2v) is 6.05. The van der Waals surface area contributed by atoms with Gasteiger partial charge in [-0.15, -0.1) is 0 Å². The summed E-state index contributed by atoms with van der Waals surface area (Å²) in [5.41, 5.74) is 2.12. The van der Waals surface area contributed by atoms with Gasteiger partial charge in [0.25, 0.3) is 0 Å². The van der Waals surface area contributed by atoms with E-state index in [0.717, 1.165) is 17.7 Å². The van der Waals surface area contributed by atoms with Crippen LogP contribution in [0.4, 0.5) is 4.39 Å². The van der Waals surface area contributed by atoms with Gasteiger partial charge in [-0.1, -0.05) is 41.4 Å². The summed E-state index contributed by atoms with van der Waals surface area (Å²) >= 11 is 6.15. The second-order valence-electron chi connectivity index (χ2n) is 5.64. The predicted octanol–water partition coefficient (Wildman–Crippen LogP) is 3.90. The van der Waals surface area contributed by atoms with Crippen LogP contribution in [0.2, 0.25) is 5.02 Å². The topological polar surface area (TPSA) is 30.5 Å². The van der Waals surface area contributed by atoms with Crippen molar-refractivity contribution in [3.8, 4) is 5.75 Å². The van der Waals surface area contributed by atoms with Gasteiger partial charge in [-0.25, -0.2) is 4.39 Å². The molecule has 2 aromatic rings. The van der Waals surface area contributed by atoms with Crippen LogP contribution in [0, 0.1) is 12.7 Å². The zero-order valence-electron chi connectivity index (χ0n) is 12.9. The molecule has 1 saturated heterocycles. The zero-order valence-corrected chi connectivity index (χ0v) is 13.6. The van der Waals surface area contributed by atoms with Crippen molar-refractivity contribution in [3.63, 3.8) is 0 Å². The average Bonchev–Trinajstić information content (AvgIpc) is 2.56. The number of hydrogen-bond acceptors (Lipinski definition) is 3. The molecule has 1 fully saturated rings. The van der Waals surface area contributed by atoms with Gasteiger partial charge in [0.05, 0.1) is 11.6 Å². The van der Waals surface area contributed by atoms with E-state index in [2.05, 4.69) is 11.4 Å². The molecule has 2 aromatic carbocycles.